The SMILES string of the molecule is Cc1ccc(C)c(S(=O)(=O)N[C@@H](C)COc2ccccc2)c1. The minimum atomic E-state index is -3.55. The van der Waals surface area contributed by atoms with Crippen molar-refractivity contribution in [2.45, 2.75) is 31.7 Å². The zero-order chi connectivity index (χ0) is 16.2. The highest BCUT2D eigenvalue weighted by Gasteiger charge is 2.19. The summed E-state index contributed by atoms with van der Waals surface area (Å²) in [6.45, 7) is 5.72. The van der Waals surface area contributed by atoms with E-state index in [1.807, 2.05) is 49.4 Å². The van der Waals surface area contributed by atoms with Gasteiger partial charge in [0.15, 0.2) is 0 Å². The van der Waals surface area contributed by atoms with Crippen LogP contribution in [0.25, 0.3) is 0 Å². The van der Waals surface area contributed by atoms with Crippen molar-refractivity contribution < 1.29 is 13.2 Å². The van der Waals surface area contributed by atoms with Gasteiger partial charge in [-0.3, -0.25) is 0 Å². The van der Waals surface area contributed by atoms with Crippen LogP contribution >= 0.6 is 0 Å². The van der Waals surface area contributed by atoms with E-state index < -0.39 is 10.0 Å². The van der Waals surface area contributed by atoms with Gasteiger partial charge in [0, 0.05) is 0 Å². The Morgan fingerprint density at radius 3 is 2.45 bits per heavy atom. The maximum atomic E-state index is 12.5. The molecular formula is C17H21NO3S. The maximum absolute atomic E-state index is 12.5. The van der Waals surface area contributed by atoms with E-state index in [0.29, 0.717) is 4.90 Å². The van der Waals surface area contributed by atoms with Gasteiger partial charge < -0.3 is 4.74 Å². The van der Waals surface area contributed by atoms with Crippen LogP contribution in [0.15, 0.2) is 53.4 Å². The van der Waals surface area contributed by atoms with Crippen molar-refractivity contribution >= 4 is 10.0 Å². The topological polar surface area (TPSA) is 55.4 Å². The lowest BCUT2D eigenvalue weighted by Gasteiger charge is -2.16. The van der Waals surface area contributed by atoms with Crippen LogP contribution in [0.4, 0.5) is 0 Å². The second kappa shape index (κ2) is 6.94. The Kier molecular flexibility index (Phi) is 5.21. The average Bonchev–Trinajstić information content (AvgIpc) is 2.48. The molecule has 5 heteroatoms. The van der Waals surface area contributed by atoms with Gasteiger partial charge >= 0.3 is 0 Å². The summed E-state index contributed by atoms with van der Waals surface area (Å²) in [4.78, 5) is 0.319. The number of hydrogen-bond donors (Lipinski definition) is 1. The first-order chi connectivity index (χ1) is 10.4. The van der Waals surface area contributed by atoms with E-state index in [2.05, 4.69) is 4.72 Å². The van der Waals surface area contributed by atoms with E-state index in [-0.39, 0.29) is 12.6 Å². The first-order valence-electron chi connectivity index (χ1n) is 7.16. The molecule has 0 aliphatic carbocycles. The molecule has 0 aliphatic heterocycles. The molecule has 1 N–H and O–H groups in total. The van der Waals surface area contributed by atoms with Crippen LogP contribution in [0.2, 0.25) is 0 Å². The maximum Gasteiger partial charge on any atom is 0.241 e. The van der Waals surface area contributed by atoms with Gasteiger partial charge in [0.2, 0.25) is 10.0 Å². The Morgan fingerprint density at radius 1 is 1.09 bits per heavy atom. The first kappa shape index (κ1) is 16.5. The standard InChI is InChI=1S/C17H21NO3S/c1-13-9-10-14(2)17(11-13)22(19,20)18-15(3)12-21-16-7-5-4-6-8-16/h4-11,15,18H,12H2,1-3H3/t15-/m0/s1. The molecule has 0 saturated heterocycles. The number of hydrogen-bond acceptors (Lipinski definition) is 3. The lowest BCUT2D eigenvalue weighted by Crippen LogP contribution is -2.37. The van der Waals surface area contributed by atoms with Crippen molar-refractivity contribution in [2.75, 3.05) is 6.61 Å². The normalized spacial score (nSPS) is 12.9. The summed E-state index contributed by atoms with van der Waals surface area (Å²) in [7, 11) is -3.55. The van der Waals surface area contributed by atoms with Gasteiger partial charge in [0.1, 0.15) is 12.4 Å². The molecule has 0 heterocycles. The van der Waals surface area contributed by atoms with Gasteiger partial charge in [0.05, 0.1) is 10.9 Å². The fraction of sp³-hybridized carbons (Fsp3) is 0.294. The largest absolute Gasteiger partial charge is 0.492 e. The Balaban J connectivity index is 2.03. The molecule has 0 spiro atoms. The third-order valence-electron chi connectivity index (χ3n) is 3.23. The molecule has 4 nitrogen and oxygen atoms in total. The molecule has 0 unspecified atom stereocenters. The van der Waals surface area contributed by atoms with E-state index in [1.54, 1.807) is 19.9 Å². The van der Waals surface area contributed by atoms with Crippen LogP contribution in [-0.4, -0.2) is 21.1 Å². The number of ether oxygens (including phenoxy) is 1. The predicted octanol–water partition coefficient (Wildman–Crippen LogP) is 3.05. The molecule has 1 atom stereocenters. The lowest BCUT2D eigenvalue weighted by atomic mass is 10.2. The van der Waals surface area contributed by atoms with Gasteiger partial charge in [0.25, 0.3) is 0 Å². The van der Waals surface area contributed by atoms with E-state index in [4.69, 9.17) is 4.74 Å². The minimum absolute atomic E-state index is 0.272. The molecule has 0 amide bonds. The van der Waals surface area contributed by atoms with Crippen LogP contribution in [0.1, 0.15) is 18.1 Å². The number of aryl methyl sites for hydroxylation is 2. The van der Waals surface area contributed by atoms with Crippen molar-refractivity contribution in [3.8, 4) is 5.75 Å². The van der Waals surface area contributed by atoms with Gasteiger partial charge in [-0.25, -0.2) is 13.1 Å². The van der Waals surface area contributed by atoms with Gasteiger partial charge in [-0.1, -0.05) is 30.3 Å². The van der Waals surface area contributed by atoms with Crippen molar-refractivity contribution in [1.82, 2.24) is 4.72 Å². The van der Waals surface area contributed by atoms with Crippen molar-refractivity contribution in [3.05, 3.63) is 59.7 Å². The molecule has 0 bridgehead atoms. The van der Waals surface area contributed by atoms with Crippen LogP contribution in [0.5, 0.6) is 5.75 Å². The highest BCUT2D eigenvalue weighted by atomic mass is 32.2. The summed E-state index contributed by atoms with van der Waals surface area (Å²) in [5, 5.41) is 0. The third-order valence-corrected chi connectivity index (χ3v) is 4.96. The Labute approximate surface area is 132 Å². The van der Waals surface area contributed by atoms with Crippen LogP contribution in [0, 0.1) is 13.8 Å². The Morgan fingerprint density at radius 2 is 1.77 bits per heavy atom. The van der Waals surface area contributed by atoms with Crippen LogP contribution < -0.4 is 9.46 Å². The number of sulfonamides is 1. The number of nitrogens with one attached hydrogen (secondary N) is 1. The average molecular weight is 319 g/mol. The highest BCUT2D eigenvalue weighted by molar-refractivity contribution is 7.89. The van der Waals surface area contributed by atoms with Crippen molar-refractivity contribution in [3.63, 3.8) is 0 Å². The zero-order valence-electron chi connectivity index (χ0n) is 13.0. The molecule has 2 aromatic rings. The number of para-hydroxylation sites is 1. The highest BCUT2D eigenvalue weighted by Crippen LogP contribution is 2.17. The molecule has 118 valence electrons. The second-order valence-electron chi connectivity index (χ2n) is 5.42. The monoisotopic (exact) mass is 319 g/mol. The van der Waals surface area contributed by atoms with Gasteiger partial charge in [-0.2, -0.15) is 0 Å². The molecule has 0 fully saturated rings. The molecule has 22 heavy (non-hydrogen) atoms. The van der Waals surface area contributed by atoms with E-state index >= 15 is 0 Å². The molecule has 0 aliphatic rings. The zero-order valence-corrected chi connectivity index (χ0v) is 13.9. The van der Waals surface area contributed by atoms with Crippen LogP contribution in [-0.2, 0) is 10.0 Å². The summed E-state index contributed by atoms with van der Waals surface area (Å²) >= 11 is 0. The molecule has 0 saturated carbocycles. The predicted molar refractivity (Wildman–Crippen MR) is 87.6 cm³/mol. The second-order valence-corrected chi connectivity index (χ2v) is 7.10. The minimum Gasteiger partial charge on any atom is -0.492 e. The molecule has 0 radical (unpaired) electrons. The van der Waals surface area contributed by atoms with Crippen molar-refractivity contribution in [1.29, 1.82) is 0 Å². The molecule has 2 rings (SSSR count). The fourth-order valence-electron chi connectivity index (χ4n) is 2.10. The smallest absolute Gasteiger partial charge is 0.241 e. The van der Waals surface area contributed by atoms with E-state index in [9.17, 15) is 8.42 Å². The summed E-state index contributed by atoms with van der Waals surface area (Å²) in [6.07, 6.45) is 0. The Hall–Kier alpha value is -1.85. The van der Waals surface area contributed by atoms with Gasteiger partial charge in [-0.05, 0) is 50.1 Å². The third kappa shape index (κ3) is 4.32. The summed E-state index contributed by atoms with van der Waals surface area (Å²) in [6, 6.07) is 14.4. The first-order valence-corrected chi connectivity index (χ1v) is 8.64. The van der Waals surface area contributed by atoms with Crippen LogP contribution in [0.3, 0.4) is 0 Å². The molecule has 0 aromatic heterocycles. The number of rotatable bonds is 6. The van der Waals surface area contributed by atoms with Gasteiger partial charge in [-0.15, -0.1) is 0 Å². The molecular weight excluding hydrogens is 298 g/mol. The number of benzene rings is 2. The van der Waals surface area contributed by atoms with E-state index in [1.165, 1.54) is 0 Å². The summed E-state index contributed by atoms with van der Waals surface area (Å²) < 4.78 is 33.2. The Bertz CT molecular complexity index is 727. The lowest BCUT2D eigenvalue weighted by molar-refractivity contribution is 0.287. The quantitative estimate of drug-likeness (QED) is 0.890. The summed E-state index contributed by atoms with van der Waals surface area (Å²) in [5.74, 6) is 0.722. The van der Waals surface area contributed by atoms with Crippen molar-refractivity contribution in [2.24, 2.45) is 0 Å². The van der Waals surface area contributed by atoms with E-state index in [0.717, 1.165) is 16.9 Å². The summed E-state index contributed by atoms with van der Waals surface area (Å²) in [5.41, 5.74) is 1.65. The fourth-order valence-corrected chi connectivity index (χ4v) is 3.65. The molecule has 2 aromatic carbocycles.